The van der Waals surface area contributed by atoms with Crippen molar-refractivity contribution in [1.29, 1.82) is 5.26 Å². The van der Waals surface area contributed by atoms with E-state index in [0.717, 1.165) is 0 Å². The number of para-hydroxylation sites is 1. The monoisotopic (exact) mass is 290 g/mol. The Hall–Kier alpha value is -2.59. The summed E-state index contributed by atoms with van der Waals surface area (Å²) in [7, 11) is 0. The first-order valence-corrected chi connectivity index (χ1v) is 6.33. The molecular formula is C14H14N2O5. The van der Waals surface area contributed by atoms with E-state index >= 15 is 0 Å². The maximum absolute atomic E-state index is 11.8. The fraction of sp³-hybridized carbons (Fsp3) is 0.357. The summed E-state index contributed by atoms with van der Waals surface area (Å²) < 4.78 is 10.3. The molecule has 0 spiro atoms. The molecule has 0 aromatic heterocycles. The Morgan fingerprint density at radius 1 is 1.43 bits per heavy atom. The number of hydrogen-bond acceptors (Lipinski definition) is 5. The Morgan fingerprint density at radius 2 is 2.19 bits per heavy atom. The van der Waals surface area contributed by atoms with Gasteiger partial charge in [-0.3, -0.25) is 9.59 Å². The molecule has 2 rings (SSSR count). The molecule has 1 aliphatic rings. The van der Waals surface area contributed by atoms with Gasteiger partial charge in [0.25, 0.3) is 5.91 Å². The Morgan fingerprint density at radius 3 is 2.90 bits per heavy atom. The number of nitrogens with zero attached hydrogens (tertiary/aromatic N) is 1. The molecular weight excluding hydrogens is 276 g/mol. The molecule has 1 aromatic carbocycles. The summed E-state index contributed by atoms with van der Waals surface area (Å²) in [6.07, 6.45) is 0. The molecule has 0 bridgehead atoms. The minimum atomic E-state index is -1.01. The van der Waals surface area contributed by atoms with Crippen LogP contribution in [0.25, 0.3) is 0 Å². The summed E-state index contributed by atoms with van der Waals surface area (Å²) in [4.78, 5) is 22.7. The van der Waals surface area contributed by atoms with Crippen molar-refractivity contribution in [2.75, 3.05) is 19.8 Å². The lowest BCUT2D eigenvalue weighted by Gasteiger charge is -2.16. The van der Waals surface area contributed by atoms with E-state index in [0.29, 0.717) is 11.3 Å². The van der Waals surface area contributed by atoms with Crippen LogP contribution < -0.4 is 10.1 Å². The summed E-state index contributed by atoms with van der Waals surface area (Å²) in [5.41, 5.74) is 0.331. The van der Waals surface area contributed by atoms with Gasteiger partial charge in [-0.1, -0.05) is 12.1 Å². The standard InChI is InChI=1S/C14H14N2O5/c15-5-9-3-1-2-4-12(9)21-8-13(17)16-11-7-20-6-10(11)14(18)19/h1-4,10-11H,6-8H2,(H,16,17)(H,18,19). The van der Waals surface area contributed by atoms with E-state index < -0.39 is 23.8 Å². The van der Waals surface area contributed by atoms with E-state index in [-0.39, 0.29) is 19.8 Å². The molecule has 2 N–H and O–H groups in total. The van der Waals surface area contributed by atoms with Gasteiger partial charge >= 0.3 is 5.97 Å². The molecule has 1 heterocycles. The second kappa shape index (κ2) is 6.72. The number of nitriles is 1. The first-order valence-electron chi connectivity index (χ1n) is 6.33. The normalized spacial score (nSPS) is 20.5. The van der Waals surface area contributed by atoms with Crippen LogP contribution in [0, 0.1) is 17.2 Å². The summed E-state index contributed by atoms with van der Waals surface area (Å²) in [5.74, 6) is -1.90. The van der Waals surface area contributed by atoms with Gasteiger partial charge in [0.05, 0.1) is 24.8 Å². The van der Waals surface area contributed by atoms with Gasteiger partial charge in [0, 0.05) is 0 Å². The lowest BCUT2D eigenvalue weighted by atomic mass is 10.0. The quantitative estimate of drug-likeness (QED) is 0.799. The maximum atomic E-state index is 11.8. The minimum absolute atomic E-state index is 0.0817. The average Bonchev–Trinajstić information content (AvgIpc) is 2.93. The molecule has 2 unspecified atom stereocenters. The molecule has 0 aliphatic carbocycles. The van der Waals surface area contributed by atoms with Gasteiger partial charge in [0.2, 0.25) is 0 Å². The number of carboxylic acids is 1. The molecule has 2 atom stereocenters. The second-order valence-electron chi connectivity index (χ2n) is 4.55. The SMILES string of the molecule is N#Cc1ccccc1OCC(=O)NC1COCC1C(=O)O. The number of aliphatic carboxylic acids is 1. The zero-order valence-electron chi connectivity index (χ0n) is 11.1. The molecule has 1 fully saturated rings. The Balaban J connectivity index is 1.88. The van der Waals surface area contributed by atoms with E-state index in [1.165, 1.54) is 0 Å². The van der Waals surface area contributed by atoms with Crippen LogP contribution in [0.3, 0.4) is 0 Å². The van der Waals surface area contributed by atoms with Gasteiger partial charge in [-0.2, -0.15) is 5.26 Å². The van der Waals surface area contributed by atoms with Gasteiger partial charge in [-0.05, 0) is 12.1 Å². The summed E-state index contributed by atoms with van der Waals surface area (Å²) in [5, 5.41) is 20.4. The van der Waals surface area contributed by atoms with Crippen molar-refractivity contribution >= 4 is 11.9 Å². The number of carbonyl (C=O) groups excluding carboxylic acids is 1. The smallest absolute Gasteiger partial charge is 0.311 e. The highest BCUT2D eigenvalue weighted by Crippen LogP contribution is 2.17. The van der Waals surface area contributed by atoms with Crippen LogP contribution in [0.1, 0.15) is 5.56 Å². The molecule has 0 radical (unpaired) electrons. The van der Waals surface area contributed by atoms with E-state index in [9.17, 15) is 9.59 Å². The third-order valence-corrected chi connectivity index (χ3v) is 3.11. The van der Waals surface area contributed by atoms with E-state index in [4.69, 9.17) is 19.8 Å². The number of rotatable bonds is 5. The summed E-state index contributed by atoms with van der Waals surface area (Å²) in [6.45, 7) is -0.0442. The first kappa shape index (κ1) is 14.8. The molecule has 1 aliphatic heterocycles. The third-order valence-electron chi connectivity index (χ3n) is 3.11. The number of carboxylic acid groups (broad SMARTS) is 1. The van der Waals surface area contributed by atoms with Crippen molar-refractivity contribution in [2.24, 2.45) is 5.92 Å². The average molecular weight is 290 g/mol. The number of benzene rings is 1. The van der Waals surface area contributed by atoms with Crippen molar-refractivity contribution in [2.45, 2.75) is 6.04 Å². The van der Waals surface area contributed by atoms with Crippen LogP contribution in [-0.4, -0.2) is 42.8 Å². The largest absolute Gasteiger partial charge is 0.482 e. The second-order valence-corrected chi connectivity index (χ2v) is 4.55. The predicted molar refractivity (Wildman–Crippen MR) is 70.5 cm³/mol. The Labute approximate surface area is 121 Å². The molecule has 1 saturated heterocycles. The predicted octanol–water partition coefficient (Wildman–Crippen LogP) is 0.153. The molecule has 1 amide bonds. The molecule has 21 heavy (non-hydrogen) atoms. The number of hydrogen-bond donors (Lipinski definition) is 2. The lowest BCUT2D eigenvalue weighted by molar-refractivity contribution is -0.142. The van der Waals surface area contributed by atoms with Gasteiger partial charge in [0.1, 0.15) is 17.7 Å². The van der Waals surface area contributed by atoms with Crippen molar-refractivity contribution in [3.63, 3.8) is 0 Å². The first-order chi connectivity index (χ1) is 10.1. The number of nitrogens with one attached hydrogen (secondary N) is 1. The summed E-state index contributed by atoms with van der Waals surface area (Å²) in [6, 6.07) is 7.95. The van der Waals surface area contributed by atoms with E-state index in [2.05, 4.69) is 5.32 Å². The molecule has 7 heteroatoms. The number of amides is 1. The lowest BCUT2D eigenvalue weighted by Crippen LogP contribution is -2.44. The molecule has 1 aromatic rings. The topological polar surface area (TPSA) is 109 Å². The zero-order valence-corrected chi connectivity index (χ0v) is 11.1. The van der Waals surface area contributed by atoms with Gasteiger partial charge in [-0.15, -0.1) is 0 Å². The van der Waals surface area contributed by atoms with Crippen LogP contribution >= 0.6 is 0 Å². The third kappa shape index (κ3) is 3.70. The number of ether oxygens (including phenoxy) is 2. The number of carbonyl (C=O) groups is 2. The van der Waals surface area contributed by atoms with Crippen LogP contribution in [-0.2, 0) is 14.3 Å². The van der Waals surface area contributed by atoms with E-state index in [1.807, 2.05) is 6.07 Å². The van der Waals surface area contributed by atoms with Crippen molar-refractivity contribution in [1.82, 2.24) is 5.32 Å². The van der Waals surface area contributed by atoms with Crippen LogP contribution in [0.5, 0.6) is 5.75 Å². The highest BCUT2D eigenvalue weighted by atomic mass is 16.5. The minimum Gasteiger partial charge on any atom is -0.482 e. The Bertz CT molecular complexity index is 581. The fourth-order valence-electron chi connectivity index (χ4n) is 2.02. The van der Waals surface area contributed by atoms with Gasteiger partial charge in [0.15, 0.2) is 6.61 Å². The maximum Gasteiger partial charge on any atom is 0.311 e. The molecule has 110 valence electrons. The van der Waals surface area contributed by atoms with E-state index in [1.54, 1.807) is 24.3 Å². The van der Waals surface area contributed by atoms with Gasteiger partial charge in [-0.25, -0.2) is 0 Å². The van der Waals surface area contributed by atoms with Crippen LogP contribution in [0.15, 0.2) is 24.3 Å². The van der Waals surface area contributed by atoms with Crippen molar-refractivity contribution in [3.8, 4) is 11.8 Å². The molecule has 0 saturated carbocycles. The zero-order chi connectivity index (χ0) is 15.2. The van der Waals surface area contributed by atoms with Gasteiger partial charge < -0.3 is 19.9 Å². The molecule has 7 nitrogen and oxygen atoms in total. The fourth-order valence-corrected chi connectivity index (χ4v) is 2.02. The van der Waals surface area contributed by atoms with Crippen molar-refractivity contribution < 1.29 is 24.2 Å². The van der Waals surface area contributed by atoms with Crippen LogP contribution in [0.2, 0.25) is 0 Å². The Kier molecular flexibility index (Phi) is 4.74. The highest BCUT2D eigenvalue weighted by molar-refractivity contribution is 5.79. The highest BCUT2D eigenvalue weighted by Gasteiger charge is 2.35. The summed E-state index contributed by atoms with van der Waals surface area (Å²) >= 11 is 0. The van der Waals surface area contributed by atoms with Crippen molar-refractivity contribution in [3.05, 3.63) is 29.8 Å². The van der Waals surface area contributed by atoms with Crippen LogP contribution in [0.4, 0.5) is 0 Å².